The number of methoxy groups -OCH3 is 1. The van der Waals surface area contributed by atoms with Crippen LogP contribution in [0.5, 0.6) is 5.75 Å². The molecule has 2 bridgehead atoms. The number of benzene rings is 2. The van der Waals surface area contributed by atoms with Crippen molar-refractivity contribution in [3.8, 4) is 5.75 Å². The summed E-state index contributed by atoms with van der Waals surface area (Å²) in [5, 5.41) is 0.730. The van der Waals surface area contributed by atoms with Gasteiger partial charge in [0, 0.05) is 50.3 Å². The molecule has 2 aliphatic carbocycles. The van der Waals surface area contributed by atoms with E-state index >= 15 is 0 Å². The van der Waals surface area contributed by atoms with Crippen LogP contribution in [0.4, 0.5) is 15.3 Å². The van der Waals surface area contributed by atoms with E-state index in [1.807, 2.05) is 25.1 Å². The minimum atomic E-state index is -3.57. The normalized spacial score (nSPS) is 30.6. The third kappa shape index (κ3) is 7.88. The van der Waals surface area contributed by atoms with Gasteiger partial charge in [0.15, 0.2) is 0 Å². The zero-order valence-corrected chi connectivity index (χ0v) is 32.5. The molecule has 5 aliphatic rings. The van der Waals surface area contributed by atoms with E-state index in [4.69, 9.17) is 25.8 Å². The number of hydrogen-bond acceptors (Lipinski definition) is 8. The predicted octanol–water partition coefficient (Wildman–Crippen LogP) is 6.07. The van der Waals surface area contributed by atoms with Gasteiger partial charge >= 0.3 is 12.1 Å². The Morgan fingerprint density at radius 1 is 1.13 bits per heavy atom. The summed E-state index contributed by atoms with van der Waals surface area (Å²) in [6.45, 7) is 4.17. The van der Waals surface area contributed by atoms with Gasteiger partial charge in [0.25, 0.3) is 5.91 Å². The number of hydrogen-bond donors (Lipinski definition) is 1. The molecule has 1 N–H and O–H groups in total. The molecule has 12 nitrogen and oxygen atoms in total. The number of carbonyl (C=O) groups is 3. The van der Waals surface area contributed by atoms with Gasteiger partial charge < -0.3 is 28.9 Å². The van der Waals surface area contributed by atoms with Crippen molar-refractivity contribution in [1.82, 2.24) is 14.5 Å². The van der Waals surface area contributed by atoms with Crippen molar-refractivity contribution < 1.29 is 32.8 Å². The van der Waals surface area contributed by atoms with Crippen molar-refractivity contribution in [3.05, 3.63) is 70.3 Å². The number of nitrogens with one attached hydrogen (secondary N) is 1. The second-order valence-corrected chi connectivity index (χ2v) is 18.1. The Balaban J connectivity index is 1.22. The van der Waals surface area contributed by atoms with Gasteiger partial charge in [-0.3, -0.25) is 9.52 Å². The van der Waals surface area contributed by atoms with Gasteiger partial charge in [-0.1, -0.05) is 36.7 Å². The zero-order chi connectivity index (χ0) is 37.5. The first kappa shape index (κ1) is 37.5. The average Bonchev–Trinajstić information content (AvgIpc) is 3.23. The fraction of sp³-hybridized carbons (Fsp3) is 0.564. The van der Waals surface area contributed by atoms with Crippen molar-refractivity contribution in [2.45, 2.75) is 63.1 Å². The largest absolute Gasteiger partial charge is 0.490 e. The quantitative estimate of drug-likeness (QED) is 0.373. The van der Waals surface area contributed by atoms with Crippen LogP contribution in [0.2, 0.25) is 5.02 Å². The monoisotopic (exact) mass is 767 g/mol. The number of halogens is 1. The van der Waals surface area contributed by atoms with Crippen molar-refractivity contribution in [2.75, 3.05) is 64.6 Å². The lowest BCUT2D eigenvalue weighted by atomic mass is 9.68. The third-order valence-electron chi connectivity index (χ3n) is 11.5. The molecule has 4 amide bonds. The lowest BCUT2D eigenvalue weighted by molar-refractivity contribution is -0.00248. The number of aryl methyl sites for hydroxylation is 1. The van der Waals surface area contributed by atoms with E-state index in [0.717, 1.165) is 49.4 Å². The van der Waals surface area contributed by atoms with Gasteiger partial charge in [-0.05, 0) is 97.7 Å². The van der Waals surface area contributed by atoms with Crippen LogP contribution in [0.3, 0.4) is 0 Å². The van der Waals surface area contributed by atoms with Crippen molar-refractivity contribution in [2.24, 2.45) is 22.1 Å². The summed E-state index contributed by atoms with van der Waals surface area (Å²) in [4.78, 5) is 44.4. The van der Waals surface area contributed by atoms with E-state index in [1.54, 1.807) is 27.3 Å². The molecule has 2 fully saturated rings. The van der Waals surface area contributed by atoms with E-state index in [-0.39, 0.29) is 41.8 Å². The van der Waals surface area contributed by atoms with Crippen LogP contribution in [-0.2, 0) is 31.2 Å². The van der Waals surface area contributed by atoms with Crippen LogP contribution in [-0.4, -0.2) is 104 Å². The summed E-state index contributed by atoms with van der Waals surface area (Å²) in [5.74, 6) is 0.496. The van der Waals surface area contributed by atoms with E-state index in [1.165, 1.54) is 20.9 Å². The number of amides is 4. The minimum Gasteiger partial charge on any atom is -0.490 e. The lowest BCUT2D eigenvalue weighted by Gasteiger charge is -2.46. The fourth-order valence-corrected chi connectivity index (χ4v) is 10.6. The lowest BCUT2D eigenvalue weighted by Crippen LogP contribution is -2.59. The van der Waals surface area contributed by atoms with E-state index < -0.39 is 34.1 Å². The number of nitrogens with zero attached hydrogens (tertiary/aromatic N) is 4. The van der Waals surface area contributed by atoms with E-state index in [0.29, 0.717) is 37.2 Å². The molecule has 53 heavy (non-hydrogen) atoms. The standard InChI is InChI=1S/C39H50ClN5O7S/c1-25-7-5-9-34(50-4)31-13-10-28(31)19-45-23-39(16-6-8-26-17-29(40)12-14-32(26)39)24-51-35-15-11-27(18-33(35)45)36(46)41-53(49,22-25)42-37(47)44-20-30(21-44)52-38(48)43(2)3/h5,9,11-12,14-15,17-18,25,28,30-31,34H,6-8,10,13,16,19-24H2,1-4H3,(H,41,42,46,47,49)/b9-5-/t25-,28-,31+,34-,39-,53?/m0/s1. The number of allylic oxidation sites excluding steroid dienone is 1. The summed E-state index contributed by atoms with van der Waals surface area (Å²) in [6.07, 6.45) is 8.75. The Morgan fingerprint density at radius 2 is 1.94 bits per heavy atom. The highest BCUT2D eigenvalue weighted by Crippen LogP contribution is 2.47. The molecule has 1 saturated carbocycles. The SMILES string of the molecule is CO[C@H]1/C=C\C[C@H](C)CS(=O)(NC(=O)N2CC(OC(=O)N(C)C)C2)=NC(=O)c2ccc3c(c2)N(C[C@@H]2CC[C@H]21)C[C@@]1(CCCc2cc(Cl)ccc21)CO3. The molecule has 1 spiro atoms. The van der Waals surface area contributed by atoms with Crippen LogP contribution >= 0.6 is 11.6 Å². The highest BCUT2D eigenvalue weighted by Gasteiger charge is 2.44. The van der Waals surface area contributed by atoms with Crippen LogP contribution in [0, 0.1) is 17.8 Å². The molecule has 2 aromatic carbocycles. The molecule has 14 heteroatoms. The van der Waals surface area contributed by atoms with Gasteiger partial charge in [0.2, 0.25) is 0 Å². The summed E-state index contributed by atoms with van der Waals surface area (Å²) in [6, 6.07) is 10.9. The fourth-order valence-electron chi connectivity index (χ4n) is 8.49. The van der Waals surface area contributed by atoms with E-state index in [9.17, 15) is 18.6 Å². The number of ether oxygens (including phenoxy) is 3. The van der Waals surface area contributed by atoms with Gasteiger partial charge in [0.1, 0.15) is 21.8 Å². The second-order valence-electron chi connectivity index (χ2n) is 15.7. The highest BCUT2D eigenvalue weighted by molar-refractivity contribution is 7.92. The highest BCUT2D eigenvalue weighted by atomic mass is 35.5. The Bertz CT molecular complexity index is 1910. The number of fused-ring (bicyclic) bond motifs is 4. The molecule has 0 radical (unpaired) electrons. The number of likely N-dealkylation sites (tertiary alicyclic amines) is 1. The Morgan fingerprint density at radius 3 is 2.68 bits per heavy atom. The molecule has 1 unspecified atom stereocenters. The summed E-state index contributed by atoms with van der Waals surface area (Å²) >= 11 is 6.46. The van der Waals surface area contributed by atoms with Crippen LogP contribution in [0.15, 0.2) is 52.9 Å². The van der Waals surface area contributed by atoms with Crippen LogP contribution < -0.4 is 14.4 Å². The maximum Gasteiger partial charge on any atom is 0.409 e. The number of anilines is 1. The smallest absolute Gasteiger partial charge is 0.409 e. The Kier molecular flexibility index (Phi) is 10.7. The van der Waals surface area contributed by atoms with Gasteiger partial charge in [0.05, 0.1) is 37.2 Å². The number of urea groups is 1. The molecule has 2 aromatic rings. The maximum absolute atomic E-state index is 14.5. The number of rotatable bonds is 3. The topological polar surface area (TPSA) is 130 Å². The third-order valence-corrected chi connectivity index (χ3v) is 13.7. The first-order chi connectivity index (χ1) is 25.3. The summed E-state index contributed by atoms with van der Waals surface area (Å²) in [7, 11) is 1.35. The molecular formula is C39H50ClN5O7S. The predicted molar refractivity (Wildman–Crippen MR) is 204 cm³/mol. The molecule has 1 saturated heterocycles. The molecule has 286 valence electrons. The average molecular weight is 768 g/mol. The Hall–Kier alpha value is -3.81. The molecule has 3 aliphatic heterocycles. The second kappa shape index (κ2) is 15.1. The summed E-state index contributed by atoms with van der Waals surface area (Å²) < 4.78 is 39.4. The Labute approximate surface area is 317 Å². The van der Waals surface area contributed by atoms with Gasteiger partial charge in [-0.25, -0.2) is 13.8 Å². The van der Waals surface area contributed by atoms with Crippen molar-refractivity contribution in [1.29, 1.82) is 0 Å². The molecule has 3 heterocycles. The summed E-state index contributed by atoms with van der Waals surface area (Å²) in [5.41, 5.74) is 3.31. The molecule has 6 atom stereocenters. The van der Waals surface area contributed by atoms with Crippen molar-refractivity contribution in [3.63, 3.8) is 0 Å². The first-order valence-electron chi connectivity index (χ1n) is 18.6. The minimum absolute atomic E-state index is 0.0302. The zero-order valence-electron chi connectivity index (χ0n) is 30.9. The van der Waals surface area contributed by atoms with Gasteiger partial charge in [-0.2, -0.15) is 0 Å². The molecular weight excluding hydrogens is 718 g/mol. The molecule has 0 aromatic heterocycles. The van der Waals surface area contributed by atoms with E-state index in [2.05, 4.69) is 38.3 Å². The van der Waals surface area contributed by atoms with Crippen LogP contribution in [0.25, 0.3) is 0 Å². The van der Waals surface area contributed by atoms with Crippen LogP contribution in [0.1, 0.15) is 60.5 Å². The van der Waals surface area contributed by atoms with Crippen molar-refractivity contribution >= 4 is 45.2 Å². The maximum atomic E-state index is 14.5. The number of carbonyl (C=O) groups excluding carboxylic acids is 3. The molecule has 7 rings (SSSR count). The first-order valence-corrected chi connectivity index (χ1v) is 20.7. The van der Waals surface area contributed by atoms with Gasteiger partial charge in [-0.15, -0.1) is 4.36 Å².